The van der Waals surface area contributed by atoms with Crippen LogP contribution in [-0.2, 0) is 14.8 Å². The van der Waals surface area contributed by atoms with Gasteiger partial charge in [-0.1, -0.05) is 56.3 Å². The molecule has 0 saturated carbocycles. The lowest BCUT2D eigenvalue weighted by Gasteiger charge is -2.18. The van der Waals surface area contributed by atoms with E-state index < -0.39 is 10.0 Å². The molecule has 0 unspecified atom stereocenters. The number of nitrogens with one attached hydrogen (secondary N) is 1. The van der Waals surface area contributed by atoms with Crippen molar-refractivity contribution >= 4 is 38.5 Å². The molecule has 1 amide bonds. The third-order valence-corrected chi connectivity index (χ3v) is 6.77. The van der Waals surface area contributed by atoms with Gasteiger partial charge in [0.2, 0.25) is 15.9 Å². The Morgan fingerprint density at radius 2 is 1.59 bits per heavy atom. The Morgan fingerprint density at radius 1 is 0.931 bits per heavy atom. The van der Waals surface area contributed by atoms with Gasteiger partial charge < -0.3 is 5.32 Å². The van der Waals surface area contributed by atoms with Crippen molar-refractivity contribution in [2.24, 2.45) is 0 Å². The Bertz CT molecular complexity index is 1130. The zero-order valence-corrected chi connectivity index (χ0v) is 17.3. The van der Waals surface area contributed by atoms with Gasteiger partial charge in [-0.2, -0.15) is 4.31 Å². The van der Waals surface area contributed by atoms with Crippen LogP contribution >= 0.6 is 0 Å². The molecule has 0 aromatic heterocycles. The number of carbonyl (C=O) groups is 1. The third-order valence-electron chi connectivity index (χ3n) is 4.70. The summed E-state index contributed by atoms with van der Waals surface area (Å²) in [5.74, 6) is -0.280. The largest absolute Gasteiger partial charge is 0.323 e. The number of carbonyl (C=O) groups excluding carboxylic acids is 1. The van der Waals surface area contributed by atoms with Crippen molar-refractivity contribution in [3.8, 4) is 0 Å². The quantitative estimate of drug-likeness (QED) is 0.585. The molecule has 0 fully saturated rings. The van der Waals surface area contributed by atoms with Crippen molar-refractivity contribution in [3.63, 3.8) is 0 Å². The number of anilines is 1. The summed E-state index contributed by atoms with van der Waals surface area (Å²) in [7, 11) is -3.51. The number of benzene rings is 3. The minimum Gasteiger partial charge on any atom is -0.323 e. The number of hydrogen-bond donors (Lipinski definition) is 1. The molecule has 0 saturated heterocycles. The fourth-order valence-electron chi connectivity index (χ4n) is 3.17. The molecule has 1 N–H and O–H groups in total. The highest BCUT2D eigenvalue weighted by molar-refractivity contribution is 7.89. The maximum Gasteiger partial charge on any atom is 0.248 e. The molecule has 0 radical (unpaired) electrons. The minimum absolute atomic E-state index is 0.213. The van der Waals surface area contributed by atoms with E-state index in [0.29, 0.717) is 18.8 Å². The molecule has 0 aliphatic heterocycles. The van der Waals surface area contributed by atoms with Gasteiger partial charge in [-0.3, -0.25) is 4.79 Å². The van der Waals surface area contributed by atoms with Crippen molar-refractivity contribution in [2.45, 2.75) is 18.7 Å². The van der Waals surface area contributed by atoms with Gasteiger partial charge in [-0.25, -0.2) is 8.42 Å². The molecule has 3 aromatic rings. The van der Waals surface area contributed by atoms with Crippen LogP contribution in [0.2, 0.25) is 0 Å². The highest BCUT2D eigenvalue weighted by Crippen LogP contribution is 2.20. The molecule has 0 bridgehead atoms. The van der Waals surface area contributed by atoms with Crippen molar-refractivity contribution in [2.75, 3.05) is 18.4 Å². The normalized spacial score (nSPS) is 12.0. The predicted molar refractivity (Wildman–Crippen MR) is 118 cm³/mol. The average molecular weight is 409 g/mol. The van der Waals surface area contributed by atoms with Crippen molar-refractivity contribution in [1.29, 1.82) is 0 Å². The predicted octanol–water partition coefficient (Wildman–Crippen LogP) is 4.52. The van der Waals surface area contributed by atoms with Crippen molar-refractivity contribution < 1.29 is 13.2 Å². The number of fused-ring (bicyclic) bond motifs is 1. The summed E-state index contributed by atoms with van der Waals surface area (Å²) in [5.41, 5.74) is 1.50. The summed E-state index contributed by atoms with van der Waals surface area (Å²) in [4.78, 5) is 12.5. The van der Waals surface area contributed by atoms with E-state index in [2.05, 4.69) is 5.32 Å². The lowest BCUT2D eigenvalue weighted by atomic mass is 10.0. The molecule has 150 valence electrons. The first-order chi connectivity index (χ1) is 14.0. The first kappa shape index (κ1) is 20.8. The molecule has 6 heteroatoms. The van der Waals surface area contributed by atoms with Crippen LogP contribution < -0.4 is 5.32 Å². The molecule has 0 heterocycles. The number of nitrogens with zero attached hydrogens (tertiary/aromatic N) is 1. The molecule has 3 aromatic carbocycles. The standard InChI is InChI=1S/C23H24N2O3S/c1-3-25(4-2)29(27,28)21-15-13-20(14-16-21)24-23(26)17-12-19-10-7-9-18-8-5-6-11-22(18)19/h5-17H,3-4H2,1-2H3,(H,24,26). The summed E-state index contributed by atoms with van der Waals surface area (Å²) in [5, 5.41) is 4.95. The maximum atomic E-state index is 12.5. The summed E-state index contributed by atoms with van der Waals surface area (Å²) >= 11 is 0. The van der Waals surface area contributed by atoms with Crippen LogP contribution in [0.1, 0.15) is 19.4 Å². The van der Waals surface area contributed by atoms with E-state index in [1.165, 1.54) is 22.5 Å². The molecule has 0 aliphatic carbocycles. The van der Waals surface area contributed by atoms with E-state index in [1.54, 1.807) is 32.1 Å². The van der Waals surface area contributed by atoms with Gasteiger partial charge >= 0.3 is 0 Å². The van der Waals surface area contributed by atoms with Crippen molar-refractivity contribution in [1.82, 2.24) is 4.31 Å². The molecule has 0 aliphatic rings. The van der Waals surface area contributed by atoms with Crippen molar-refractivity contribution in [3.05, 3.63) is 78.4 Å². The summed E-state index contributed by atoms with van der Waals surface area (Å²) in [6.45, 7) is 4.43. The van der Waals surface area contributed by atoms with Gasteiger partial charge in [0.25, 0.3) is 0 Å². The van der Waals surface area contributed by atoms with Crippen LogP contribution in [0.5, 0.6) is 0 Å². The van der Waals surface area contributed by atoms with E-state index in [9.17, 15) is 13.2 Å². The number of rotatable bonds is 7. The molecule has 29 heavy (non-hydrogen) atoms. The fourth-order valence-corrected chi connectivity index (χ4v) is 4.63. The smallest absolute Gasteiger partial charge is 0.248 e. The van der Waals surface area contributed by atoms with Crippen LogP contribution in [0.4, 0.5) is 5.69 Å². The molecular formula is C23H24N2O3S. The minimum atomic E-state index is -3.51. The van der Waals surface area contributed by atoms with Gasteiger partial charge in [0.05, 0.1) is 4.90 Å². The zero-order chi connectivity index (χ0) is 20.9. The Hall–Kier alpha value is -2.96. The monoisotopic (exact) mass is 408 g/mol. The van der Waals surface area contributed by atoms with E-state index >= 15 is 0 Å². The molecule has 5 nitrogen and oxygen atoms in total. The fraction of sp³-hybridized carbons (Fsp3) is 0.174. The second-order valence-corrected chi connectivity index (χ2v) is 8.44. The molecular weight excluding hydrogens is 384 g/mol. The van der Waals surface area contributed by atoms with E-state index in [4.69, 9.17) is 0 Å². The average Bonchev–Trinajstić information content (AvgIpc) is 2.73. The SMILES string of the molecule is CCN(CC)S(=O)(=O)c1ccc(NC(=O)C=Cc2cccc3ccccc23)cc1. The Morgan fingerprint density at radius 3 is 2.28 bits per heavy atom. The molecule has 0 atom stereocenters. The summed E-state index contributed by atoms with van der Waals surface area (Å²) in [6, 6.07) is 20.1. The molecule has 3 rings (SSSR count). The van der Waals surface area contributed by atoms with Crippen LogP contribution in [-0.4, -0.2) is 31.7 Å². The number of sulfonamides is 1. The van der Waals surface area contributed by atoms with Crippen LogP contribution in [0, 0.1) is 0 Å². The number of hydrogen-bond acceptors (Lipinski definition) is 3. The van der Waals surface area contributed by atoms with Crippen LogP contribution in [0.25, 0.3) is 16.8 Å². The van der Waals surface area contributed by atoms with E-state index in [0.717, 1.165) is 16.3 Å². The van der Waals surface area contributed by atoms with Gasteiger partial charge in [-0.15, -0.1) is 0 Å². The second-order valence-electron chi connectivity index (χ2n) is 6.50. The third kappa shape index (κ3) is 4.72. The van der Waals surface area contributed by atoms with Gasteiger partial charge in [0.15, 0.2) is 0 Å². The second kappa shape index (κ2) is 9.03. The van der Waals surface area contributed by atoms with E-state index in [-0.39, 0.29) is 10.8 Å². The van der Waals surface area contributed by atoms with Crippen LogP contribution in [0.3, 0.4) is 0 Å². The van der Waals surface area contributed by atoms with Gasteiger partial charge in [-0.05, 0) is 46.7 Å². The lowest BCUT2D eigenvalue weighted by Crippen LogP contribution is -2.30. The maximum absolute atomic E-state index is 12.5. The Kier molecular flexibility index (Phi) is 6.46. The van der Waals surface area contributed by atoms with Crippen LogP contribution in [0.15, 0.2) is 77.7 Å². The summed E-state index contributed by atoms with van der Waals surface area (Å²) < 4.78 is 26.4. The molecule has 0 spiro atoms. The van der Waals surface area contributed by atoms with Gasteiger partial charge in [0, 0.05) is 24.9 Å². The Balaban J connectivity index is 1.72. The number of amides is 1. The Labute approximate surface area is 171 Å². The first-order valence-corrected chi connectivity index (χ1v) is 11.0. The van der Waals surface area contributed by atoms with Gasteiger partial charge in [0.1, 0.15) is 0 Å². The lowest BCUT2D eigenvalue weighted by molar-refractivity contribution is -0.111. The first-order valence-electron chi connectivity index (χ1n) is 9.52. The summed E-state index contributed by atoms with van der Waals surface area (Å²) in [6.07, 6.45) is 3.25. The highest BCUT2D eigenvalue weighted by atomic mass is 32.2. The topological polar surface area (TPSA) is 66.5 Å². The van der Waals surface area contributed by atoms with E-state index in [1.807, 2.05) is 42.5 Å². The highest BCUT2D eigenvalue weighted by Gasteiger charge is 2.21. The zero-order valence-electron chi connectivity index (χ0n) is 16.5.